The predicted molar refractivity (Wildman–Crippen MR) is 180 cm³/mol. The largest absolute Gasteiger partial charge is 0.480 e. The molecule has 1 saturated heterocycles. The fourth-order valence-corrected chi connectivity index (χ4v) is 5.36. The zero-order valence-electron chi connectivity index (χ0n) is 29.4. The van der Waals surface area contributed by atoms with Gasteiger partial charge in [-0.05, 0) is 83.2 Å². The molecule has 0 radical (unpaired) electrons. The van der Waals surface area contributed by atoms with E-state index in [1.807, 2.05) is 0 Å². The minimum atomic E-state index is -1.37. The fourth-order valence-electron chi connectivity index (χ4n) is 5.36. The summed E-state index contributed by atoms with van der Waals surface area (Å²) < 4.78 is 0. The molecule has 1 rings (SSSR count). The van der Waals surface area contributed by atoms with Gasteiger partial charge in [-0.15, -0.1) is 0 Å². The summed E-state index contributed by atoms with van der Waals surface area (Å²) in [6.07, 6.45) is 0.947. The number of unbranched alkanes of at least 4 members (excludes halogenated alkanes) is 1. The third-order valence-electron chi connectivity index (χ3n) is 7.99. The monoisotopic (exact) mass is 698 g/mol. The van der Waals surface area contributed by atoms with E-state index in [2.05, 4.69) is 31.9 Å². The van der Waals surface area contributed by atoms with E-state index < -0.39 is 83.8 Å². The second-order valence-corrected chi connectivity index (χ2v) is 13.5. The molecule has 0 aromatic carbocycles. The SMILES string of the molecule is CC(C)C[C@H](NC(=O)[C@H](CCC(N)=O)NC(=O)[C@H](CC(C)C)NC(=O)[C@@H](NC(=O)[C@@H]1CCCN1)[C@@H](C)O)C(=O)N[C@@H](CCCCN)C(=O)O. The van der Waals surface area contributed by atoms with Crippen LogP contribution in [0.2, 0.25) is 0 Å². The Morgan fingerprint density at radius 3 is 1.69 bits per heavy atom. The lowest BCUT2D eigenvalue weighted by Crippen LogP contribution is -2.61. The first-order chi connectivity index (χ1) is 23.0. The van der Waals surface area contributed by atoms with Gasteiger partial charge in [0, 0.05) is 6.42 Å². The fraction of sp³-hybridized carbons (Fsp3) is 0.781. The van der Waals surface area contributed by atoms with Gasteiger partial charge in [-0.2, -0.15) is 0 Å². The summed E-state index contributed by atoms with van der Waals surface area (Å²) in [4.78, 5) is 89.8. The number of carboxylic acid groups (broad SMARTS) is 1. The molecule has 0 aromatic rings. The Morgan fingerprint density at radius 1 is 0.735 bits per heavy atom. The molecule has 17 heteroatoms. The molecule has 1 heterocycles. The van der Waals surface area contributed by atoms with Crippen LogP contribution in [-0.4, -0.2) is 107 Å². The lowest BCUT2D eigenvalue weighted by atomic mass is 10.00. The normalized spacial score (nSPS) is 18.0. The highest BCUT2D eigenvalue weighted by atomic mass is 16.4. The minimum Gasteiger partial charge on any atom is -0.480 e. The van der Waals surface area contributed by atoms with Crippen molar-refractivity contribution >= 4 is 41.4 Å². The van der Waals surface area contributed by atoms with Crippen LogP contribution in [0.4, 0.5) is 0 Å². The minimum absolute atomic E-state index is 0.104. The van der Waals surface area contributed by atoms with Crippen molar-refractivity contribution in [1.29, 1.82) is 0 Å². The standard InChI is InChI=1S/C32H58N8O9/c1-17(2)15-23(30(46)37-22(32(48)49)9-6-7-13-33)38-28(44)21(11-12-25(34)42)36-29(45)24(16-18(3)4)39-31(47)26(19(5)41)40-27(43)20-10-8-14-35-20/h17-24,26,35,41H,6-16,33H2,1-5H3,(H2,34,42)(H,36,45)(H,37,46)(H,38,44)(H,39,47)(H,40,43)(H,48,49)/t19-,20+,21+,22+,23+,24+,26+/m1/s1. The molecule has 12 N–H and O–H groups in total. The Balaban J connectivity index is 3.18. The number of aliphatic hydroxyl groups is 1. The third-order valence-corrected chi connectivity index (χ3v) is 7.99. The van der Waals surface area contributed by atoms with Crippen molar-refractivity contribution < 1.29 is 43.8 Å². The van der Waals surface area contributed by atoms with E-state index in [1.165, 1.54) is 6.92 Å². The van der Waals surface area contributed by atoms with Gasteiger partial charge in [-0.3, -0.25) is 28.8 Å². The summed E-state index contributed by atoms with van der Waals surface area (Å²) in [5, 5.41) is 35.7. The van der Waals surface area contributed by atoms with Crippen LogP contribution in [0.5, 0.6) is 0 Å². The van der Waals surface area contributed by atoms with Crippen molar-refractivity contribution in [2.75, 3.05) is 13.1 Å². The number of aliphatic hydroxyl groups excluding tert-OH is 1. The number of carbonyl (C=O) groups is 7. The highest BCUT2D eigenvalue weighted by Crippen LogP contribution is 2.12. The van der Waals surface area contributed by atoms with E-state index in [9.17, 15) is 43.8 Å². The number of aliphatic carboxylic acids is 1. The summed E-state index contributed by atoms with van der Waals surface area (Å²) in [5.74, 6) is -5.82. The molecule has 0 spiro atoms. The Morgan fingerprint density at radius 2 is 1.24 bits per heavy atom. The molecule has 0 bridgehead atoms. The van der Waals surface area contributed by atoms with Gasteiger partial charge in [0.25, 0.3) is 0 Å². The highest BCUT2D eigenvalue weighted by Gasteiger charge is 2.35. The van der Waals surface area contributed by atoms with Crippen molar-refractivity contribution in [2.24, 2.45) is 23.3 Å². The molecule has 0 saturated carbocycles. The number of hydrogen-bond donors (Lipinski definition) is 10. The topological polar surface area (TPSA) is 284 Å². The van der Waals surface area contributed by atoms with Crippen LogP contribution in [-0.2, 0) is 33.6 Å². The maximum Gasteiger partial charge on any atom is 0.326 e. The summed E-state index contributed by atoms with van der Waals surface area (Å²) in [6, 6.07) is -6.84. The zero-order valence-corrected chi connectivity index (χ0v) is 29.4. The molecule has 0 aromatic heterocycles. The Kier molecular flexibility index (Phi) is 19.4. The summed E-state index contributed by atoms with van der Waals surface area (Å²) >= 11 is 0. The van der Waals surface area contributed by atoms with Crippen molar-refractivity contribution in [3.8, 4) is 0 Å². The quantitative estimate of drug-likeness (QED) is 0.0527. The van der Waals surface area contributed by atoms with Gasteiger partial charge >= 0.3 is 5.97 Å². The van der Waals surface area contributed by atoms with Crippen LogP contribution in [0, 0.1) is 11.8 Å². The summed E-state index contributed by atoms with van der Waals surface area (Å²) in [5.41, 5.74) is 10.8. The summed E-state index contributed by atoms with van der Waals surface area (Å²) in [7, 11) is 0. The molecule has 0 aliphatic carbocycles. The number of amides is 6. The molecular formula is C32H58N8O9. The number of carbonyl (C=O) groups excluding carboxylic acids is 6. The van der Waals surface area contributed by atoms with E-state index in [0.29, 0.717) is 32.4 Å². The van der Waals surface area contributed by atoms with Crippen molar-refractivity contribution in [2.45, 2.75) is 135 Å². The van der Waals surface area contributed by atoms with Gasteiger partial charge < -0.3 is 53.6 Å². The van der Waals surface area contributed by atoms with E-state index in [4.69, 9.17) is 11.5 Å². The first kappa shape index (κ1) is 43.2. The average Bonchev–Trinajstić information content (AvgIpc) is 3.55. The van der Waals surface area contributed by atoms with Crippen molar-refractivity contribution in [3.63, 3.8) is 0 Å². The highest BCUT2D eigenvalue weighted by molar-refractivity contribution is 5.96. The molecule has 1 fully saturated rings. The molecule has 1 aliphatic heterocycles. The molecule has 7 atom stereocenters. The van der Waals surface area contributed by atoms with Gasteiger partial charge in [-0.25, -0.2) is 4.79 Å². The lowest BCUT2D eigenvalue weighted by Gasteiger charge is -2.28. The van der Waals surface area contributed by atoms with Crippen LogP contribution in [0.15, 0.2) is 0 Å². The Labute approximate surface area is 288 Å². The Bertz CT molecular complexity index is 1130. The number of carboxylic acids is 1. The van der Waals surface area contributed by atoms with E-state index in [0.717, 1.165) is 6.42 Å². The molecule has 280 valence electrons. The maximum atomic E-state index is 13.6. The second kappa shape index (κ2) is 22.0. The van der Waals surface area contributed by atoms with Crippen molar-refractivity contribution in [1.82, 2.24) is 31.9 Å². The van der Waals surface area contributed by atoms with Crippen LogP contribution < -0.4 is 43.4 Å². The van der Waals surface area contributed by atoms with Crippen LogP contribution >= 0.6 is 0 Å². The van der Waals surface area contributed by atoms with Gasteiger partial charge in [0.15, 0.2) is 0 Å². The van der Waals surface area contributed by atoms with Gasteiger partial charge in [0.05, 0.1) is 12.1 Å². The predicted octanol–water partition coefficient (Wildman–Crippen LogP) is -1.89. The zero-order chi connectivity index (χ0) is 37.3. The van der Waals surface area contributed by atoms with E-state index >= 15 is 0 Å². The molecule has 1 aliphatic rings. The first-order valence-corrected chi connectivity index (χ1v) is 17.1. The molecule has 0 unspecified atom stereocenters. The van der Waals surface area contributed by atoms with Crippen LogP contribution in [0.25, 0.3) is 0 Å². The van der Waals surface area contributed by atoms with E-state index in [-0.39, 0.29) is 43.9 Å². The lowest BCUT2D eigenvalue weighted by molar-refractivity contribution is -0.142. The molecule has 49 heavy (non-hydrogen) atoms. The number of hydrogen-bond acceptors (Lipinski definition) is 10. The van der Waals surface area contributed by atoms with Gasteiger partial charge in [0.1, 0.15) is 30.2 Å². The number of primary amides is 1. The first-order valence-electron chi connectivity index (χ1n) is 17.1. The average molecular weight is 699 g/mol. The smallest absolute Gasteiger partial charge is 0.326 e. The molecule has 6 amide bonds. The molecular weight excluding hydrogens is 640 g/mol. The second-order valence-electron chi connectivity index (χ2n) is 13.5. The summed E-state index contributed by atoms with van der Waals surface area (Å²) in [6.45, 7) is 9.56. The Hall–Kier alpha value is -3.83. The van der Waals surface area contributed by atoms with Crippen LogP contribution in [0.3, 0.4) is 0 Å². The van der Waals surface area contributed by atoms with Crippen molar-refractivity contribution in [3.05, 3.63) is 0 Å². The van der Waals surface area contributed by atoms with Crippen LogP contribution in [0.1, 0.15) is 92.4 Å². The third kappa shape index (κ3) is 16.4. The van der Waals surface area contributed by atoms with Gasteiger partial charge in [-0.1, -0.05) is 27.7 Å². The molecule has 17 nitrogen and oxygen atoms in total. The number of rotatable bonds is 23. The van der Waals surface area contributed by atoms with E-state index in [1.54, 1.807) is 27.7 Å². The van der Waals surface area contributed by atoms with Gasteiger partial charge in [0.2, 0.25) is 35.4 Å². The maximum absolute atomic E-state index is 13.6. The number of nitrogens with one attached hydrogen (secondary N) is 6. The number of nitrogens with two attached hydrogens (primary N) is 2.